The van der Waals surface area contributed by atoms with Crippen molar-refractivity contribution in [2.24, 2.45) is 0 Å². The van der Waals surface area contributed by atoms with Crippen LogP contribution in [0.1, 0.15) is 13.2 Å². The summed E-state index contributed by atoms with van der Waals surface area (Å²) in [6.07, 6.45) is -2.00. The topological polar surface area (TPSA) is 166 Å². The molecule has 0 radical (unpaired) electrons. The van der Waals surface area contributed by atoms with Crippen molar-refractivity contribution < 1.29 is 30.3 Å². The highest BCUT2D eigenvalue weighted by atomic mass is 16.6. The number of anilines is 1. The Kier molecular flexibility index (Phi) is 5.99. The molecule has 1 aliphatic heterocycles. The summed E-state index contributed by atoms with van der Waals surface area (Å²) in [7, 11) is 0. The fourth-order valence-electron chi connectivity index (χ4n) is 2.87. The van der Waals surface area contributed by atoms with E-state index in [0.717, 1.165) is 5.57 Å². The normalized spacial score (nSPS) is 29.3. The van der Waals surface area contributed by atoms with Gasteiger partial charge in [-0.3, -0.25) is 4.57 Å². The lowest BCUT2D eigenvalue weighted by atomic mass is 9.98. The molecule has 0 unspecified atom stereocenters. The molecule has 148 valence electrons. The lowest BCUT2D eigenvalue weighted by molar-refractivity contribution is -0.250. The highest BCUT2D eigenvalue weighted by Gasteiger charge is 2.44. The first-order valence-corrected chi connectivity index (χ1v) is 8.46. The van der Waals surface area contributed by atoms with Crippen molar-refractivity contribution in [3.05, 3.63) is 24.3 Å². The largest absolute Gasteiger partial charge is 0.394 e. The minimum atomic E-state index is -1.50. The van der Waals surface area contributed by atoms with E-state index in [-0.39, 0.29) is 6.61 Å². The third-order valence-corrected chi connectivity index (χ3v) is 4.47. The van der Waals surface area contributed by atoms with Crippen molar-refractivity contribution >= 4 is 17.0 Å². The number of fused-ring (bicyclic) bond motifs is 1. The number of aliphatic hydroxyl groups is 5. The number of hydrogen-bond donors (Lipinski definition) is 6. The monoisotopic (exact) mass is 381 g/mol. The molecule has 0 saturated carbocycles. The maximum atomic E-state index is 10.3. The summed E-state index contributed by atoms with van der Waals surface area (Å²) in [4.78, 5) is 12.6. The van der Waals surface area contributed by atoms with Gasteiger partial charge in [0, 0.05) is 6.54 Å². The third-order valence-electron chi connectivity index (χ3n) is 4.47. The quantitative estimate of drug-likeness (QED) is 0.313. The molecule has 0 spiro atoms. The van der Waals surface area contributed by atoms with Gasteiger partial charge in [0.2, 0.25) is 0 Å². The summed E-state index contributed by atoms with van der Waals surface area (Å²) < 4.78 is 6.96. The number of imidazole rings is 1. The summed E-state index contributed by atoms with van der Waals surface area (Å²) in [5.41, 5.74) is 1.57. The van der Waals surface area contributed by atoms with Gasteiger partial charge in [0.25, 0.3) is 0 Å². The van der Waals surface area contributed by atoms with Gasteiger partial charge in [0.15, 0.2) is 23.2 Å². The molecule has 0 amide bonds. The minimum absolute atomic E-state index is 0.0351. The molecular formula is C16H23N5O6. The molecule has 3 rings (SSSR count). The van der Waals surface area contributed by atoms with E-state index in [2.05, 4.69) is 20.3 Å². The van der Waals surface area contributed by atoms with E-state index in [1.807, 2.05) is 6.08 Å². The second-order valence-electron chi connectivity index (χ2n) is 6.36. The van der Waals surface area contributed by atoms with Gasteiger partial charge in [0.1, 0.15) is 30.7 Å². The molecule has 5 atom stereocenters. The van der Waals surface area contributed by atoms with Crippen molar-refractivity contribution in [1.82, 2.24) is 19.5 Å². The maximum Gasteiger partial charge on any atom is 0.167 e. The van der Waals surface area contributed by atoms with Gasteiger partial charge in [-0.25, -0.2) is 15.0 Å². The van der Waals surface area contributed by atoms with E-state index < -0.39 is 37.3 Å². The lowest BCUT2D eigenvalue weighted by Gasteiger charge is -2.40. The summed E-state index contributed by atoms with van der Waals surface area (Å²) >= 11 is 0. The van der Waals surface area contributed by atoms with Crippen molar-refractivity contribution in [2.45, 2.75) is 37.6 Å². The molecule has 1 saturated heterocycles. The first kappa shape index (κ1) is 19.6. The van der Waals surface area contributed by atoms with Gasteiger partial charge in [0.05, 0.1) is 19.5 Å². The van der Waals surface area contributed by atoms with Crippen molar-refractivity contribution in [1.29, 1.82) is 0 Å². The highest BCUT2D eigenvalue weighted by Crippen LogP contribution is 2.31. The fraction of sp³-hybridized carbons (Fsp3) is 0.562. The highest BCUT2D eigenvalue weighted by molar-refractivity contribution is 5.82. The zero-order valence-corrected chi connectivity index (χ0v) is 14.7. The molecule has 2 aromatic heterocycles. The summed E-state index contributed by atoms with van der Waals surface area (Å²) in [5, 5.41) is 51.6. The number of aromatic nitrogens is 4. The van der Waals surface area contributed by atoms with Crippen LogP contribution >= 0.6 is 0 Å². The van der Waals surface area contributed by atoms with Crippen LogP contribution in [0.5, 0.6) is 0 Å². The van der Waals surface area contributed by atoms with Crippen molar-refractivity contribution in [2.75, 3.05) is 25.1 Å². The molecule has 1 aliphatic rings. The van der Waals surface area contributed by atoms with Gasteiger partial charge in [-0.05, 0) is 6.92 Å². The average molecular weight is 381 g/mol. The Morgan fingerprint density at radius 1 is 1.19 bits per heavy atom. The molecule has 0 aromatic carbocycles. The summed E-state index contributed by atoms with van der Waals surface area (Å²) in [6, 6.07) is 0. The number of aliphatic hydroxyl groups excluding tert-OH is 5. The van der Waals surface area contributed by atoms with Crippen molar-refractivity contribution in [3.63, 3.8) is 0 Å². The molecule has 2 aromatic rings. The van der Waals surface area contributed by atoms with E-state index in [0.29, 0.717) is 23.5 Å². The first-order valence-electron chi connectivity index (χ1n) is 8.46. The van der Waals surface area contributed by atoms with Crippen molar-refractivity contribution in [3.8, 4) is 0 Å². The number of hydrogen-bond acceptors (Lipinski definition) is 10. The Balaban J connectivity index is 1.89. The average Bonchev–Trinajstić information content (AvgIpc) is 3.11. The predicted molar refractivity (Wildman–Crippen MR) is 93.7 cm³/mol. The third kappa shape index (κ3) is 3.78. The van der Waals surface area contributed by atoms with E-state index in [9.17, 15) is 20.4 Å². The minimum Gasteiger partial charge on any atom is -0.394 e. The van der Waals surface area contributed by atoms with Crippen LogP contribution in [-0.2, 0) is 4.74 Å². The van der Waals surface area contributed by atoms with Crippen LogP contribution in [0.3, 0.4) is 0 Å². The Labute approximate surface area is 154 Å². The molecule has 3 heterocycles. The van der Waals surface area contributed by atoms with Crippen LogP contribution in [0, 0.1) is 0 Å². The molecule has 0 bridgehead atoms. The first-order chi connectivity index (χ1) is 13.0. The lowest BCUT2D eigenvalue weighted by Crippen LogP contribution is -2.56. The predicted octanol–water partition coefficient (Wildman–Crippen LogP) is -1.85. The Bertz CT molecular complexity index is 810. The smallest absolute Gasteiger partial charge is 0.167 e. The number of nitrogens with zero attached hydrogens (tertiary/aromatic N) is 4. The van der Waals surface area contributed by atoms with Gasteiger partial charge >= 0.3 is 0 Å². The van der Waals surface area contributed by atoms with E-state index in [4.69, 9.17) is 9.84 Å². The second-order valence-corrected chi connectivity index (χ2v) is 6.36. The van der Waals surface area contributed by atoms with E-state index in [1.54, 1.807) is 6.92 Å². The SMILES string of the molecule is C/C(=C\CNc1ncnc2c1ncn2[C@H]1O[C@H](CO)[C@@H](O)[C@H](O)[C@H]1O)CO. The van der Waals surface area contributed by atoms with Gasteiger partial charge in [-0.1, -0.05) is 11.6 Å². The molecule has 27 heavy (non-hydrogen) atoms. The number of nitrogens with one attached hydrogen (secondary N) is 1. The number of rotatable bonds is 6. The van der Waals surface area contributed by atoms with Gasteiger partial charge < -0.3 is 35.6 Å². The molecule has 1 fully saturated rings. The van der Waals surface area contributed by atoms with Gasteiger partial charge in [-0.15, -0.1) is 0 Å². The zero-order valence-electron chi connectivity index (χ0n) is 14.7. The van der Waals surface area contributed by atoms with E-state index >= 15 is 0 Å². The second kappa shape index (κ2) is 8.25. The van der Waals surface area contributed by atoms with Crippen LogP contribution in [-0.4, -0.2) is 89.2 Å². The maximum absolute atomic E-state index is 10.3. The standard InChI is InChI=1S/C16H23N5O6/c1-8(4-22)2-3-17-14-10-15(19-6-18-14)21(7-20-10)16-13(26)12(25)11(24)9(5-23)27-16/h2,6-7,9,11-13,16,22-26H,3-5H2,1H3,(H,17,18,19)/b8-2+/t9-,11-,12+,13-,16+/m1/s1. The zero-order chi connectivity index (χ0) is 19.6. The van der Waals surface area contributed by atoms with Crippen LogP contribution in [0.25, 0.3) is 11.2 Å². The Hall–Kier alpha value is -2.15. The van der Waals surface area contributed by atoms with E-state index in [1.165, 1.54) is 17.2 Å². The molecule has 11 nitrogen and oxygen atoms in total. The molecule has 11 heteroatoms. The van der Waals surface area contributed by atoms with Crippen LogP contribution in [0.15, 0.2) is 24.3 Å². The molecule has 0 aliphatic carbocycles. The molecule has 6 N–H and O–H groups in total. The Morgan fingerprint density at radius 2 is 1.96 bits per heavy atom. The number of ether oxygens (including phenoxy) is 1. The summed E-state index contributed by atoms with van der Waals surface area (Å²) in [6.45, 7) is 1.66. The van der Waals surface area contributed by atoms with Crippen LogP contribution in [0.4, 0.5) is 5.82 Å². The summed E-state index contributed by atoms with van der Waals surface area (Å²) in [5.74, 6) is 0.449. The van der Waals surface area contributed by atoms with Gasteiger partial charge in [-0.2, -0.15) is 0 Å². The fourth-order valence-corrected chi connectivity index (χ4v) is 2.87. The van der Waals surface area contributed by atoms with Crippen LogP contribution < -0.4 is 5.32 Å². The molecular weight excluding hydrogens is 358 g/mol. The van der Waals surface area contributed by atoms with Crippen LogP contribution in [0.2, 0.25) is 0 Å². The Morgan fingerprint density at radius 3 is 2.67 bits per heavy atom.